The van der Waals surface area contributed by atoms with E-state index >= 15 is 0 Å². The lowest BCUT2D eigenvalue weighted by Gasteiger charge is -2.00. The molecular formula is C17H22O2. The molecule has 0 amide bonds. The van der Waals surface area contributed by atoms with E-state index in [4.69, 9.17) is 5.11 Å². The molecule has 0 aliphatic rings. The quantitative estimate of drug-likeness (QED) is 0.794. The lowest BCUT2D eigenvalue weighted by atomic mass is 10.0. The van der Waals surface area contributed by atoms with Crippen LogP contribution in [0.5, 0.6) is 5.75 Å². The second-order valence-electron chi connectivity index (χ2n) is 3.24. The van der Waals surface area contributed by atoms with Gasteiger partial charge in [0.15, 0.2) is 5.78 Å². The lowest BCUT2D eigenvalue weighted by Crippen LogP contribution is -1.99. The van der Waals surface area contributed by atoms with Gasteiger partial charge in [-0.25, -0.2) is 0 Å². The molecule has 0 atom stereocenters. The first-order valence-corrected chi connectivity index (χ1v) is 6.66. The SMILES string of the molecule is CC.CC.O=C(c1ccccc1)c1ccc(O)cc1. The smallest absolute Gasteiger partial charge is 0.193 e. The standard InChI is InChI=1S/C13H10O2.2C2H6/c14-12-8-6-11(7-9-12)13(15)10-4-2-1-3-5-10;2*1-2/h1-9,14H;2*1-2H3. The molecule has 0 saturated heterocycles. The molecule has 0 aliphatic heterocycles. The fourth-order valence-corrected chi connectivity index (χ4v) is 1.37. The van der Waals surface area contributed by atoms with Gasteiger partial charge < -0.3 is 5.11 Å². The molecule has 1 N–H and O–H groups in total. The van der Waals surface area contributed by atoms with Gasteiger partial charge >= 0.3 is 0 Å². The Labute approximate surface area is 115 Å². The number of hydrogen-bond donors (Lipinski definition) is 1. The topological polar surface area (TPSA) is 37.3 Å². The second kappa shape index (κ2) is 9.89. The highest BCUT2D eigenvalue weighted by Gasteiger charge is 2.07. The van der Waals surface area contributed by atoms with E-state index in [1.807, 2.05) is 45.9 Å². The Bertz CT molecular complexity index is 458. The van der Waals surface area contributed by atoms with Gasteiger partial charge in [-0.15, -0.1) is 0 Å². The number of hydrogen-bond acceptors (Lipinski definition) is 2. The molecule has 0 unspecified atom stereocenters. The van der Waals surface area contributed by atoms with E-state index in [-0.39, 0.29) is 11.5 Å². The van der Waals surface area contributed by atoms with Gasteiger partial charge in [0.2, 0.25) is 0 Å². The maximum absolute atomic E-state index is 11.9. The molecular weight excluding hydrogens is 236 g/mol. The summed E-state index contributed by atoms with van der Waals surface area (Å²) in [6.07, 6.45) is 0. The Morgan fingerprint density at radius 3 is 1.63 bits per heavy atom. The van der Waals surface area contributed by atoms with E-state index in [2.05, 4.69) is 0 Å². The number of rotatable bonds is 2. The zero-order chi connectivity index (χ0) is 14.7. The van der Waals surface area contributed by atoms with Crippen molar-refractivity contribution < 1.29 is 9.90 Å². The van der Waals surface area contributed by atoms with Crippen molar-refractivity contribution in [1.82, 2.24) is 0 Å². The molecule has 2 heteroatoms. The Kier molecular flexibility index (Phi) is 8.80. The van der Waals surface area contributed by atoms with Gasteiger partial charge in [0.25, 0.3) is 0 Å². The summed E-state index contributed by atoms with van der Waals surface area (Å²) in [4.78, 5) is 11.9. The summed E-state index contributed by atoms with van der Waals surface area (Å²) in [5.41, 5.74) is 1.24. The van der Waals surface area contributed by atoms with Gasteiger partial charge in [-0.2, -0.15) is 0 Å². The average molecular weight is 258 g/mol. The molecule has 0 aliphatic carbocycles. The minimum Gasteiger partial charge on any atom is -0.508 e. The van der Waals surface area contributed by atoms with E-state index < -0.39 is 0 Å². The molecule has 0 aromatic heterocycles. The predicted octanol–water partition coefficient (Wildman–Crippen LogP) is 4.68. The molecule has 2 nitrogen and oxygen atoms in total. The number of phenolic OH excluding ortho intramolecular Hbond substituents is 1. The zero-order valence-electron chi connectivity index (χ0n) is 12.1. The molecule has 0 radical (unpaired) electrons. The van der Waals surface area contributed by atoms with Crippen molar-refractivity contribution >= 4 is 5.78 Å². The third kappa shape index (κ3) is 5.38. The van der Waals surface area contributed by atoms with Gasteiger partial charge in [0.05, 0.1) is 0 Å². The van der Waals surface area contributed by atoms with Crippen LogP contribution in [-0.4, -0.2) is 10.9 Å². The van der Waals surface area contributed by atoms with Crippen LogP contribution >= 0.6 is 0 Å². The highest BCUT2D eigenvalue weighted by molar-refractivity contribution is 6.08. The number of benzene rings is 2. The van der Waals surface area contributed by atoms with Gasteiger partial charge in [-0.3, -0.25) is 4.79 Å². The molecule has 0 bridgehead atoms. The zero-order valence-corrected chi connectivity index (χ0v) is 12.1. The minimum absolute atomic E-state index is 0.0319. The monoisotopic (exact) mass is 258 g/mol. The Morgan fingerprint density at radius 1 is 0.737 bits per heavy atom. The number of carbonyl (C=O) groups excluding carboxylic acids is 1. The van der Waals surface area contributed by atoms with Crippen molar-refractivity contribution in [2.45, 2.75) is 27.7 Å². The van der Waals surface area contributed by atoms with Crippen LogP contribution in [0.15, 0.2) is 54.6 Å². The average Bonchev–Trinajstić information content (AvgIpc) is 2.52. The molecule has 0 spiro atoms. The molecule has 2 aromatic carbocycles. The van der Waals surface area contributed by atoms with Crippen LogP contribution in [0.25, 0.3) is 0 Å². The first kappa shape index (κ1) is 16.9. The maximum atomic E-state index is 11.9. The number of ketones is 1. The molecule has 19 heavy (non-hydrogen) atoms. The number of carbonyl (C=O) groups is 1. The largest absolute Gasteiger partial charge is 0.508 e. The summed E-state index contributed by atoms with van der Waals surface area (Å²) in [5.74, 6) is 0.134. The Balaban J connectivity index is 0.000000741. The van der Waals surface area contributed by atoms with Gasteiger partial charge in [0.1, 0.15) is 5.75 Å². The maximum Gasteiger partial charge on any atom is 0.193 e. The Hall–Kier alpha value is -2.09. The minimum atomic E-state index is -0.0319. The summed E-state index contributed by atoms with van der Waals surface area (Å²) in [5, 5.41) is 9.10. The summed E-state index contributed by atoms with van der Waals surface area (Å²) in [6, 6.07) is 15.3. The third-order valence-electron chi connectivity index (χ3n) is 2.17. The first-order chi connectivity index (χ1) is 9.27. The summed E-state index contributed by atoms with van der Waals surface area (Å²) >= 11 is 0. The van der Waals surface area contributed by atoms with Gasteiger partial charge in [0, 0.05) is 11.1 Å². The molecule has 0 fully saturated rings. The molecule has 0 saturated carbocycles. The van der Waals surface area contributed by atoms with Gasteiger partial charge in [-0.05, 0) is 24.3 Å². The number of aromatic hydroxyl groups is 1. The van der Waals surface area contributed by atoms with Crippen molar-refractivity contribution in [3.8, 4) is 5.75 Å². The van der Waals surface area contributed by atoms with Crippen molar-refractivity contribution in [1.29, 1.82) is 0 Å². The third-order valence-corrected chi connectivity index (χ3v) is 2.17. The fourth-order valence-electron chi connectivity index (χ4n) is 1.37. The van der Waals surface area contributed by atoms with E-state index in [1.54, 1.807) is 24.3 Å². The van der Waals surface area contributed by atoms with Gasteiger partial charge in [-0.1, -0.05) is 58.0 Å². The highest BCUT2D eigenvalue weighted by atomic mass is 16.3. The van der Waals surface area contributed by atoms with E-state index in [1.165, 1.54) is 12.1 Å². The van der Waals surface area contributed by atoms with Crippen LogP contribution in [0.1, 0.15) is 43.6 Å². The molecule has 2 aromatic rings. The first-order valence-electron chi connectivity index (χ1n) is 6.66. The van der Waals surface area contributed by atoms with Crippen LogP contribution < -0.4 is 0 Å². The fraction of sp³-hybridized carbons (Fsp3) is 0.235. The summed E-state index contributed by atoms with van der Waals surface area (Å²) in [7, 11) is 0. The molecule has 0 heterocycles. The van der Waals surface area contributed by atoms with Crippen molar-refractivity contribution in [3.63, 3.8) is 0 Å². The molecule has 102 valence electrons. The highest BCUT2D eigenvalue weighted by Crippen LogP contribution is 2.13. The van der Waals surface area contributed by atoms with Crippen LogP contribution in [0.2, 0.25) is 0 Å². The van der Waals surface area contributed by atoms with Crippen LogP contribution in [-0.2, 0) is 0 Å². The van der Waals surface area contributed by atoms with E-state index in [0.717, 1.165) is 0 Å². The van der Waals surface area contributed by atoms with Crippen molar-refractivity contribution in [3.05, 3.63) is 65.7 Å². The summed E-state index contributed by atoms with van der Waals surface area (Å²) in [6.45, 7) is 8.00. The Morgan fingerprint density at radius 2 is 1.16 bits per heavy atom. The van der Waals surface area contributed by atoms with Crippen LogP contribution in [0, 0.1) is 0 Å². The van der Waals surface area contributed by atoms with Crippen LogP contribution in [0.4, 0.5) is 0 Å². The normalized spacial score (nSPS) is 8.42. The predicted molar refractivity (Wildman–Crippen MR) is 80.7 cm³/mol. The summed E-state index contributed by atoms with van der Waals surface area (Å²) < 4.78 is 0. The van der Waals surface area contributed by atoms with Crippen LogP contribution in [0.3, 0.4) is 0 Å². The van der Waals surface area contributed by atoms with Crippen molar-refractivity contribution in [2.24, 2.45) is 0 Å². The van der Waals surface area contributed by atoms with Crippen molar-refractivity contribution in [2.75, 3.05) is 0 Å². The number of phenols is 1. The van der Waals surface area contributed by atoms with E-state index in [0.29, 0.717) is 11.1 Å². The lowest BCUT2D eigenvalue weighted by molar-refractivity contribution is 0.103. The van der Waals surface area contributed by atoms with E-state index in [9.17, 15) is 4.79 Å². The molecule has 2 rings (SSSR count). The second-order valence-corrected chi connectivity index (χ2v) is 3.24.